The first-order valence-electron chi connectivity index (χ1n) is 4.86. The molecule has 1 aromatic carbocycles. The SMILES string of the molecule is Cn1cc(I)c(C(=O)Nc2ccccc2O)n1. The molecule has 0 unspecified atom stereocenters. The van der Waals surface area contributed by atoms with Gasteiger partial charge in [-0.05, 0) is 34.7 Å². The fraction of sp³-hybridized carbons (Fsp3) is 0.0909. The molecule has 88 valence electrons. The van der Waals surface area contributed by atoms with Crippen LogP contribution in [-0.4, -0.2) is 20.8 Å². The van der Waals surface area contributed by atoms with Gasteiger partial charge in [-0.25, -0.2) is 0 Å². The van der Waals surface area contributed by atoms with E-state index in [4.69, 9.17) is 0 Å². The Kier molecular flexibility index (Phi) is 3.32. The average Bonchev–Trinajstić information content (AvgIpc) is 2.61. The lowest BCUT2D eigenvalue weighted by molar-refractivity contribution is 0.102. The number of phenols is 1. The summed E-state index contributed by atoms with van der Waals surface area (Å²) in [6.45, 7) is 0. The normalized spacial score (nSPS) is 10.2. The minimum Gasteiger partial charge on any atom is -0.506 e. The molecule has 0 bridgehead atoms. The quantitative estimate of drug-likeness (QED) is 0.647. The van der Waals surface area contributed by atoms with E-state index in [9.17, 15) is 9.90 Å². The van der Waals surface area contributed by atoms with Crippen LogP contribution in [0.5, 0.6) is 5.75 Å². The van der Waals surface area contributed by atoms with Crippen molar-refractivity contribution in [2.24, 2.45) is 7.05 Å². The van der Waals surface area contributed by atoms with Crippen LogP contribution in [0.3, 0.4) is 0 Å². The molecule has 0 saturated carbocycles. The van der Waals surface area contributed by atoms with Gasteiger partial charge in [-0.15, -0.1) is 0 Å². The highest BCUT2D eigenvalue weighted by molar-refractivity contribution is 14.1. The molecule has 0 saturated heterocycles. The summed E-state index contributed by atoms with van der Waals surface area (Å²) in [6, 6.07) is 6.57. The molecule has 6 heteroatoms. The van der Waals surface area contributed by atoms with Gasteiger partial charge in [0, 0.05) is 13.2 Å². The van der Waals surface area contributed by atoms with Crippen LogP contribution >= 0.6 is 22.6 Å². The second-order valence-corrected chi connectivity index (χ2v) is 4.63. The number of nitrogens with zero attached hydrogens (tertiary/aromatic N) is 2. The summed E-state index contributed by atoms with van der Waals surface area (Å²) in [7, 11) is 1.75. The number of amides is 1. The first-order valence-corrected chi connectivity index (χ1v) is 5.94. The maximum atomic E-state index is 11.9. The Morgan fingerprint density at radius 2 is 2.18 bits per heavy atom. The predicted molar refractivity (Wildman–Crippen MR) is 72.0 cm³/mol. The number of hydrogen-bond acceptors (Lipinski definition) is 3. The molecule has 5 nitrogen and oxygen atoms in total. The maximum Gasteiger partial charge on any atom is 0.277 e. The molecule has 2 rings (SSSR count). The topological polar surface area (TPSA) is 67.2 Å². The summed E-state index contributed by atoms with van der Waals surface area (Å²) in [4.78, 5) is 11.9. The number of hydrogen-bond donors (Lipinski definition) is 2. The van der Waals surface area contributed by atoms with Crippen LogP contribution in [0.2, 0.25) is 0 Å². The zero-order valence-corrected chi connectivity index (χ0v) is 11.2. The van der Waals surface area contributed by atoms with Crippen molar-refractivity contribution in [2.45, 2.75) is 0 Å². The van der Waals surface area contributed by atoms with Gasteiger partial charge in [-0.1, -0.05) is 12.1 Å². The van der Waals surface area contributed by atoms with Crippen LogP contribution in [0, 0.1) is 3.57 Å². The van der Waals surface area contributed by atoms with Gasteiger partial charge >= 0.3 is 0 Å². The van der Waals surface area contributed by atoms with Crippen molar-refractivity contribution in [1.29, 1.82) is 0 Å². The van der Waals surface area contributed by atoms with Crippen LogP contribution in [0.4, 0.5) is 5.69 Å². The van der Waals surface area contributed by atoms with Gasteiger partial charge < -0.3 is 10.4 Å². The lowest BCUT2D eigenvalue weighted by Gasteiger charge is -2.05. The summed E-state index contributed by atoms with van der Waals surface area (Å²) < 4.78 is 2.33. The third-order valence-electron chi connectivity index (χ3n) is 2.15. The molecule has 0 spiro atoms. The molecule has 2 N–H and O–H groups in total. The Hall–Kier alpha value is -1.57. The second kappa shape index (κ2) is 4.74. The fourth-order valence-corrected chi connectivity index (χ4v) is 2.13. The van der Waals surface area contributed by atoms with E-state index < -0.39 is 0 Å². The van der Waals surface area contributed by atoms with Crippen LogP contribution in [0.25, 0.3) is 0 Å². The van der Waals surface area contributed by atoms with Crippen LogP contribution < -0.4 is 5.32 Å². The number of carbonyl (C=O) groups excluding carboxylic acids is 1. The Labute approximate surface area is 112 Å². The molecule has 0 aliphatic carbocycles. The van der Waals surface area contributed by atoms with Crippen LogP contribution in [0.15, 0.2) is 30.5 Å². The van der Waals surface area contributed by atoms with Crippen molar-refractivity contribution >= 4 is 34.2 Å². The number of para-hydroxylation sites is 2. The van der Waals surface area contributed by atoms with E-state index in [0.29, 0.717) is 11.4 Å². The third kappa shape index (κ3) is 2.57. The monoisotopic (exact) mass is 343 g/mol. The van der Waals surface area contributed by atoms with Gasteiger partial charge in [-0.2, -0.15) is 5.10 Å². The molecule has 0 aliphatic rings. The second-order valence-electron chi connectivity index (χ2n) is 3.47. The van der Waals surface area contributed by atoms with Gasteiger partial charge in [0.2, 0.25) is 0 Å². The van der Waals surface area contributed by atoms with Gasteiger partial charge in [0.25, 0.3) is 5.91 Å². The summed E-state index contributed by atoms with van der Waals surface area (Å²) >= 11 is 2.04. The zero-order valence-electron chi connectivity index (χ0n) is 9.01. The smallest absolute Gasteiger partial charge is 0.277 e. The first kappa shape index (κ1) is 11.9. The number of aromatic nitrogens is 2. The van der Waals surface area contributed by atoms with Crippen LogP contribution in [0.1, 0.15) is 10.5 Å². The van der Waals surface area contributed by atoms with Gasteiger partial charge in [-0.3, -0.25) is 9.48 Å². The number of aromatic hydroxyl groups is 1. The zero-order chi connectivity index (χ0) is 12.4. The van der Waals surface area contributed by atoms with Crippen molar-refractivity contribution in [3.63, 3.8) is 0 Å². The van der Waals surface area contributed by atoms with Crippen molar-refractivity contribution in [2.75, 3.05) is 5.32 Å². The number of halogens is 1. The molecule has 1 aromatic heterocycles. The predicted octanol–water partition coefficient (Wildman–Crippen LogP) is 1.98. The number of phenolic OH excluding ortho intramolecular Hbond substituents is 1. The van der Waals surface area contributed by atoms with Crippen LogP contribution in [-0.2, 0) is 7.05 Å². The number of rotatable bonds is 2. The largest absolute Gasteiger partial charge is 0.506 e. The Morgan fingerprint density at radius 3 is 2.76 bits per heavy atom. The molecule has 1 heterocycles. The minimum atomic E-state index is -0.337. The lowest BCUT2D eigenvalue weighted by Crippen LogP contribution is -2.14. The molecular weight excluding hydrogens is 333 g/mol. The summed E-state index contributed by atoms with van der Waals surface area (Å²) in [5, 5.41) is 16.2. The number of anilines is 1. The number of nitrogens with one attached hydrogen (secondary N) is 1. The minimum absolute atomic E-state index is 0.0341. The van der Waals surface area contributed by atoms with Crippen molar-refractivity contribution in [1.82, 2.24) is 9.78 Å². The average molecular weight is 343 g/mol. The van der Waals surface area contributed by atoms with Crippen molar-refractivity contribution < 1.29 is 9.90 Å². The standard InChI is InChI=1S/C11H10IN3O2/c1-15-6-7(12)10(14-15)11(17)13-8-4-2-3-5-9(8)16/h2-6,16H,1H3,(H,13,17). The van der Waals surface area contributed by atoms with E-state index in [2.05, 4.69) is 10.4 Å². The highest BCUT2D eigenvalue weighted by atomic mass is 127. The van der Waals surface area contributed by atoms with E-state index in [1.807, 2.05) is 22.6 Å². The van der Waals surface area contributed by atoms with Gasteiger partial charge in [0.05, 0.1) is 9.26 Å². The summed E-state index contributed by atoms with van der Waals surface area (Å²) in [6.07, 6.45) is 1.75. The molecule has 0 atom stereocenters. The lowest BCUT2D eigenvalue weighted by atomic mass is 10.3. The highest BCUT2D eigenvalue weighted by Gasteiger charge is 2.15. The van der Waals surface area contributed by atoms with Gasteiger partial charge in [0.15, 0.2) is 5.69 Å². The number of aryl methyl sites for hydroxylation is 1. The van der Waals surface area contributed by atoms with E-state index in [-0.39, 0.29) is 11.7 Å². The van der Waals surface area contributed by atoms with E-state index >= 15 is 0 Å². The molecule has 0 fully saturated rings. The van der Waals surface area contributed by atoms with E-state index in [1.54, 1.807) is 36.1 Å². The molecule has 0 radical (unpaired) electrons. The molecular formula is C11H10IN3O2. The van der Waals surface area contributed by atoms with Crippen molar-refractivity contribution in [3.05, 3.63) is 39.7 Å². The van der Waals surface area contributed by atoms with E-state index in [1.165, 1.54) is 6.07 Å². The first-order chi connectivity index (χ1) is 8.08. The maximum absolute atomic E-state index is 11.9. The third-order valence-corrected chi connectivity index (χ3v) is 2.94. The summed E-state index contributed by atoms with van der Waals surface area (Å²) in [5.74, 6) is -0.303. The molecule has 1 amide bonds. The van der Waals surface area contributed by atoms with Gasteiger partial charge in [0.1, 0.15) is 5.75 Å². The molecule has 0 aliphatic heterocycles. The highest BCUT2D eigenvalue weighted by Crippen LogP contribution is 2.22. The van der Waals surface area contributed by atoms with Crippen molar-refractivity contribution in [3.8, 4) is 5.75 Å². The molecule has 17 heavy (non-hydrogen) atoms. The molecule has 2 aromatic rings. The Balaban J connectivity index is 2.23. The summed E-state index contributed by atoms with van der Waals surface area (Å²) in [5.41, 5.74) is 0.718. The Bertz CT molecular complexity index is 566. The fourth-order valence-electron chi connectivity index (χ4n) is 1.37. The number of carbonyl (C=O) groups is 1. The number of benzene rings is 1. The Morgan fingerprint density at radius 1 is 1.47 bits per heavy atom. The van der Waals surface area contributed by atoms with E-state index in [0.717, 1.165) is 3.57 Å².